The van der Waals surface area contributed by atoms with Crippen LogP contribution in [0.1, 0.15) is 31.2 Å². The Balaban J connectivity index is 2.35. The lowest BCUT2D eigenvalue weighted by Crippen LogP contribution is -2.04. The number of rotatable bonds is 2. The highest BCUT2D eigenvalue weighted by Crippen LogP contribution is 2.30. The molecule has 2 nitrogen and oxygen atoms in total. The van der Waals surface area contributed by atoms with Crippen molar-refractivity contribution in [2.75, 3.05) is 0 Å². The first-order valence-corrected chi connectivity index (χ1v) is 5.88. The number of nitrogens with zero attached hydrogens (tertiary/aromatic N) is 2. The van der Waals surface area contributed by atoms with E-state index in [1.807, 2.05) is 13.8 Å². The van der Waals surface area contributed by atoms with E-state index in [1.165, 1.54) is 12.1 Å². The molecule has 0 aliphatic carbocycles. The van der Waals surface area contributed by atoms with Crippen LogP contribution in [0.4, 0.5) is 13.2 Å². The van der Waals surface area contributed by atoms with Crippen LogP contribution in [0.3, 0.4) is 0 Å². The van der Waals surface area contributed by atoms with Crippen LogP contribution in [0.25, 0.3) is 11.3 Å². The van der Waals surface area contributed by atoms with Gasteiger partial charge in [-0.15, -0.1) is 0 Å². The SMILES string of the molecule is CC(C)c1nccc(-c2ccc(C(F)(F)F)cc2)n1. The Morgan fingerprint density at radius 1 is 1.00 bits per heavy atom. The van der Waals surface area contributed by atoms with Crippen LogP contribution < -0.4 is 0 Å². The highest BCUT2D eigenvalue weighted by atomic mass is 19.4. The Morgan fingerprint density at radius 3 is 2.16 bits per heavy atom. The summed E-state index contributed by atoms with van der Waals surface area (Å²) in [5.74, 6) is 0.854. The molecule has 0 bridgehead atoms. The highest BCUT2D eigenvalue weighted by Gasteiger charge is 2.29. The molecule has 0 saturated heterocycles. The van der Waals surface area contributed by atoms with Gasteiger partial charge < -0.3 is 0 Å². The normalized spacial score (nSPS) is 11.9. The summed E-state index contributed by atoms with van der Waals surface area (Å²) in [7, 11) is 0. The van der Waals surface area contributed by atoms with E-state index in [1.54, 1.807) is 12.3 Å². The molecule has 0 unspecified atom stereocenters. The molecule has 2 aromatic rings. The lowest BCUT2D eigenvalue weighted by atomic mass is 10.1. The van der Waals surface area contributed by atoms with Crippen LogP contribution in [0.5, 0.6) is 0 Å². The lowest BCUT2D eigenvalue weighted by molar-refractivity contribution is -0.137. The minimum absolute atomic E-state index is 0.175. The van der Waals surface area contributed by atoms with E-state index in [9.17, 15) is 13.2 Å². The van der Waals surface area contributed by atoms with Crippen LogP contribution in [0.15, 0.2) is 36.5 Å². The fourth-order valence-corrected chi connectivity index (χ4v) is 1.64. The molecule has 0 aliphatic heterocycles. The Morgan fingerprint density at radius 2 is 1.63 bits per heavy atom. The monoisotopic (exact) mass is 266 g/mol. The maximum Gasteiger partial charge on any atom is 0.416 e. The largest absolute Gasteiger partial charge is 0.416 e. The Hall–Kier alpha value is -1.91. The van der Waals surface area contributed by atoms with Gasteiger partial charge >= 0.3 is 6.18 Å². The predicted molar refractivity (Wildman–Crippen MR) is 66.6 cm³/mol. The van der Waals surface area contributed by atoms with Crippen molar-refractivity contribution in [3.63, 3.8) is 0 Å². The Labute approximate surface area is 109 Å². The quantitative estimate of drug-likeness (QED) is 0.810. The highest BCUT2D eigenvalue weighted by molar-refractivity contribution is 5.59. The number of aromatic nitrogens is 2. The van der Waals surface area contributed by atoms with Gasteiger partial charge in [0.25, 0.3) is 0 Å². The van der Waals surface area contributed by atoms with Gasteiger partial charge in [0.2, 0.25) is 0 Å². The molecule has 0 fully saturated rings. The fraction of sp³-hybridized carbons (Fsp3) is 0.286. The maximum atomic E-state index is 12.5. The van der Waals surface area contributed by atoms with Crippen molar-refractivity contribution in [1.82, 2.24) is 9.97 Å². The van der Waals surface area contributed by atoms with Crippen molar-refractivity contribution in [2.24, 2.45) is 0 Å². The van der Waals surface area contributed by atoms with Gasteiger partial charge in [0, 0.05) is 17.7 Å². The van der Waals surface area contributed by atoms with Crippen molar-refractivity contribution in [2.45, 2.75) is 25.9 Å². The smallest absolute Gasteiger partial charge is 0.241 e. The van der Waals surface area contributed by atoms with Crippen LogP contribution >= 0.6 is 0 Å². The number of hydrogen-bond acceptors (Lipinski definition) is 2. The van der Waals surface area contributed by atoms with Gasteiger partial charge in [-0.2, -0.15) is 13.2 Å². The summed E-state index contributed by atoms with van der Waals surface area (Å²) < 4.78 is 37.4. The van der Waals surface area contributed by atoms with Gasteiger partial charge in [-0.25, -0.2) is 9.97 Å². The van der Waals surface area contributed by atoms with Gasteiger partial charge in [-0.1, -0.05) is 26.0 Å². The molecule has 1 aromatic carbocycles. The van der Waals surface area contributed by atoms with Crippen molar-refractivity contribution in [1.29, 1.82) is 0 Å². The average molecular weight is 266 g/mol. The number of alkyl halides is 3. The number of hydrogen-bond donors (Lipinski definition) is 0. The first-order chi connectivity index (χ1) is 8.88. The molecule has 2 rings (SSSR count). The summed E-state index contributed by atoms with van der Waals surface area (Å²) in [5.41, 5.74) is 0.624. The summed E-state index contributed by atoms with van der Waals surface area (Å²) in [4.78, 5) is 8.47. The molecule has 100 valence electrons. The molecule has 5 heteroatoms. The van der Waals surface area contributed by atoms with Gasteiger partial charge in [-0.05, 0) is 18.2 Å². The molecule has 0 N–H and O–H groups in total. The van der Waals surface area contributed by atoms with E-state index < -0.39 is 11.7 Å². The Bertz CT molecular complexity index is 560. The second kappa shape index (κ2) is 4.99. The van der Waals surface area contributed by atoms with Crippen molar-refractivity contribution < 1.29 is 13.2 Å². The molecule has 19 heavy (non-hydrogen) atoms. The number of halogens is 3. The third-order valence-corrected chi connectivity index (χ3v) is 2.70. The zero-order valence-electron chi connectivity index (χ0n) is 10.6. The summed E-state index contributed by atoms with van der Waals surface area (Å²) in [5, 5.41) is 0. The van der Waals surface area contributed by atoms with Crippen LogP contribution in [-0.4, -0.2) is 9.97 Å². The molecule has 0 radical (unpaired) electrons. The molecule has 0 atom stereocenters. The zero-order chi connectivity index (χ0) is 14.0. The van der Waals surface area contributed by atoms with E-state index >= 15 is 0 Å². The average Bonchev–Trinajstić information content (AvgIpc) is 2.38. The summed E-state index contributed by atoms with van der Waals surface area (Å²) in [6.45, 7) is 3.93. The topological polar surface area (TPSA) is 25.8 Å². The summed E-state index contributed by atoms with van der Waals surface area (Å²) in [6, 6.07) is 6.66. The minimum atomic E-state index is -4.31. The van der Waals surface area contributed by atoms with Crippen LogP contribution in [0, 0.1) is 0 Å². The second-order valence-electron chi connectivity index (χ2n) is 4.53. The molecule has 1 aromatic heterocycles. The Kier molecular flexibility index (Phi) is 3.55. The molecule has 1 heterocycles. The first kappa shape index (κ1) is 13.5. The molecule has 0 spiro atoms. The first-order valence-electron chi connectivity index (χ1n) is 5.88. The lowest BCUT2D eigenvalue weighted by Gasteiger charge is -2.08. The van der Waals surface area contributed by atoms with Crippen molar-refractivity contribution in [3.8, 4) is 11.3 Å². The molecule has 0 amide bonds. The van der Waals surface area contributed by atoms with E-state index in [-0.39, 0.29) is 5.92 Å². The van der Waals surface area contributed by atoms with Gasteiger partial charge in [0.15, 0.2) is 0 Å². The van der Waals surface area contributed by atoms with Crippen molar-refractivity contribution in [3.05, 3.63) is 47.9 Å². The fourth-order valence-electron chi connectivity index (χ4n) is 1.64. The molecular weight excluding hydrogens is 253 g/mol. The van der Waals surface area contributed by atoms with E-state index in [0.29, 0.717) is 17.1 Å². The van der Waals surface area contributed by atoms with Gasteiger partial charge in [-0.3, -0.25) is 0 Å². The van der Waals surface area contributed by atoms with E-state index in [2.05, 4.69) is 9.97 Å². The van der Waals surface area contributed by atoms with E-state index in [4.69, 9.17) is 0 Å². The zero-order valence-corrected chi connectivity index (χ0v) is 10.6. The molecular formula is C14H13F3N2. The van der Waals surface area contributed by atoms with Gasteiger partial charge in [0.1, 0.15) is 5.82 Å². The molecule has 0 aliphatic rings. The van der Waals surface area contributed by atoms with Crippen molar-refractivity contribution >= 4 is 0 Å². The van der Waals surface area contributed by atoms with E-state index in [0.717, 1.165) is 12.1 Å². The van der Waals surface area contributed by atoms with Crippen LogP contribution in [0.2, 0.25) is 0 Å². The second-order valence-corrected chi connectivity index (χ2v) is 4.53. The predicted octanol–water partition coefficient (Wildman–Crippen LogP) is 4.29. The minimum Gasteiger partial charge on any atom is -0.241 e. The van der Waals surface area contributed by atoms with Gasteiger partial charge in [0.05, 0.1) is 11.3 Å². The third-order valence-electron chi connectivity index (χ3n) is 2.70. The van der Waals surface area contributed by atoms with Crippen LogP contribution in [-0.2, 0) is 6.18 Å². The number of benzene rings is 1. The summed E-state index contributed by atoms with van der Waals surface area (Å²) >= 11 is 0. The molecule has 0 saturated carbocycles. The third kappa shape index (κ3) is 3.10. The maximum absolute atomic E-state index is 12.5. The standard InChI is InChI=1S/C14H13F3N2/c1-9(2)13-18-8-7-12(19-13)10-3-5-11(6-4-10)14(15,16)17/h3-9H,1-2H3. The summed E-state index contributed by atoms with van der Waals surface area (Å²) in [6.07, 6.45) is -2.69.